The number of benzene rings is 1. The molecule has 0 saturated carbocycles. The molecule has 0 radical (unpaired) electrons. The van der Waals surface area contributed by atoms with Crippen LogP contribution in [0.4, 0.5) is 5.69 Å². The smallest absolute Gasteiger partial charge is 0.0369 e. The molecule has 1 N–H and O–H groups in total. The molecule has 0 bridgehead atoms. The molecule has 3 rings (SSSR count). The Hall–Kier alpha value is -1.02. The zero-order valence-electron chi connectivity index (χ0n) is 13.0. The van der Waals surface area contributed by atoms with E-state index in [0.29, 0.717) is 6.04 Å². The van der Waals surface area contributed by atoms with E-state index in [9.17, 15) is 0 Å². The van der Waals surface area contributed by atoms with Crippen LogP contribution in [0.3, 0.4) is 0 Å². The monoisotopic (exact) mass is 272 g/mol. The fourth-order valence-corrected chi connectivity index (χ4v) is 3.77. The van der Waals surface area contributed by atoms with Crippen LogP contribution in [0.15, 0.2) is 18.2 Å². The van der Waals surface area contributed by atoms with Crippen molar-refractivity contribution < 1.29 is 0 Å². The van der Waals surface area contributed by atoms with Gasteiger partial charge in [-0.15, -0.1) is 0 Å². The number of fused-ring (bicyclic) bond motifs is 1. The third-order valence-electron chi connectivity index (χ3n) is 5.01. The largest absolute Gasteiger partial charge is 0.371 e. The van der Waals surface area contributed by atoms with Crippen LogP contribution in [0.1, 0.15) is 44.2 Å². The van der Waals surface area contributed by atoms with Crippen LogP contribution in [-0.4, -0.2) is 25.7 Å². The van der Waals surface area contributed by atoms with Crippen molar-refractivity contribution in [2.45, 2.75) is 52.0 Å². The van der Waals surface area contributed by atoms with Gasteiger partial charge in [-0.25, -0.2) is 0 Å². The minimum Gasteiger partial charge on any atom is -0.371 e. The van der Waals surface area contributed by atoms with Crippen molar-refractivity contribution in [3.8, 4) is 0 Å². The zero-order chi connectivity index (χ0) is 13.9. The highest BCUT2D eigenvalue weighted by Gasteiger charge is 2.26. The molecule has 2 unspecified atom stereocenters. The first kappa shape index (κ1) is 13.9. The van der Waals surface area contributed by atoms with Crippen molar-refractivity contribution in [2.75, 3.05) is 24.5 Å². The first-order chi connectivity index (χ1) is 9.78. The molecule has 2 atom stereocenters. The SMILES string of the molecule is CCCNC1CCN(c2ccc3c(c2)CCC3)CC1C. The van der Waals surface area contributed by atoms with Crippen LogP contribution in [0, 0.1) is 5.92 Å². The Labute approximate surface area is 123 Å². The Morgan fingerprint density at radius 2 is 2.10 bits per heavy atom. The van der Waals surface area contributed by atoms with Gasteiger partial charge in [0, 0.05) is 24.8 Å². The van der Waals surface area contributed by atoms with Crippen LogP contribution >= 0.6 is 0 Å². The summed E-state index contributed by atoms with van der Waals surface area (Å²) in [4.78, 5) is 2.59. The normalized spacial score (nSPS) is 25.8. The van der Waals surface area contributed by atoms with Gasteiger partial charge in [0.2, 0.25) is 0 Å². The quantitative estimate of drug-likeness (QED) is 0.904. The van der Waals surface area contributed by atoms with Crippen LogP contribution in [-0.2, 0) is 12.8 Å². The topological polar surface area (TPSA) is 15.3 Å². The first-order valence-corrected chi connectivity index (χ1v) is 8.38. The van der Waals surface area contributed by atoms with Gasteiger partial charge in [-0.2, -0.15) is 0 Å². The molecule has 1 heterocycles. The second-order valence-corrected chi connectivity index (χ2v) is 6.58. The van der Waals surface area contributed by atoms with Crippen molar-refractivity contribution in [1.82, 2.24) is 5.32 Å². The Kier molecular flexibility index (Phi) is 4.30. The van der Waals surface area contributed by atoms with E-state index in [1.165, 1.54) is 50.9 Å². The molecule has 1 aromatic rings. The van der Waals surface area contributed by atoms with Crippen LogP contribution in [0.5, 0.6) is 0 Å². The van der Waals surface area contributed by atoms with E-state index in [2.05, 4.69) is 42.3 Å². The first-order valence-electron chi connectivity index (χ1n) is 8.38. The number of piperidine rings is 1. The fraction of sp³-hybridized carbons (Fsp3) is 0.667. The Morgan fingerprint density at radius 3 is 2.90 bits per heavy atom. The third kappa shape index (κ3) is 2.85. The lowest BCUT2D eigenvalue weighted by atomic mass is 9.93. The number of aryl methyl sites for hydroxylation is 2. The number of nitrogens with one attached hydrogen (secondary N) is 1. The molecule has 1 fully saturated rings. The van der Waals surface area contributed by atoms with E-state index in [-0.39, 0.29) is 0 Å². The van der Waals surface area contributed by atoms with Gasteiger partial charge >= 0.3 is 0 Å². The summed E-state index contributed by atoms with van der Waals surface area (Å²) in [6, 6.07) is 7.87. The zero-order valence-corrected chi connectivity index (χ0v) is 13.0. The summed E-state index contributed by atoms with van der Waals surface area (Å²) >= 11 is 0. The molecule has 0 amide bonds. The highest BCUT2D eigenvalue weighted by molar-refractivity contribution is 5.52. The molecule has 1 saturated heterocycles. The molecular formula is C18H28N2. The molecule has 1 aliphatic carbocycles. The summed E-state index contributed by atoms with van der Waals surface area (Å²) in [5.74, 6) is 0.739. The summed E-state index contributed by atoms with van der Waals surface area (Å²) in [7, 11) is 0. The fourth-order valence-electron chi connectivity index (χ4n) is 3.77. The van der Waals surface area contributed by atoms with Gasteiger partial charge in [0.05, 0.1) is 0 Å². The van der Waals surface area contributed by atoms with Gasteiger partial charge in [-0.1, -0.05) is 19.9 Å². The van der Waals surface area contributed by atoms with E-state index < -0.39 is 0 Å². The van der Waals surface area contributed by atoms with Gasteiger partial charge in [-0.05, 0) is 67.8 Å². The predicted molar refractivity (Wildman–Crippen MR) is 86.5 cm³/mol. The molecule has 2 nitrogen and oxygen atoms in total. The van der Waals surface area contributed by atoms with Gasteiger partial charge in [0.25, 0.3) is 0 Å². The summed E-state index contributed by atoms with van der Waals surface area (Å²) in [6.07, 6.45) is 6.43. The summed E-state index contributed by atoms with van der Waals surface area (Å²) in [5.41, 5.74) is 4.63. The molecule has 2 heteroatoms. The van der Waals surface area contributed by atoms with Gasteiger partial charge < -0.3 is 10.2 Å². The maximum atomic E-state index is 3.71. The van der Waals surface area contributed by atoms with E-state index in [1.54, 1.807) is 11.1 Å². The molecule has 0 spiro atoms. The maximum absolute atomic E-state index is 3.71. The molecule has 20 heavy (non-hydrogen) atoms. The third-order valence-corrected chi connectivity index (χ3v) is 5.01. The van der Waals surface area contributed by atoms with Gasteiger partial charge in [0.1, 0.15) is 0 Å². The van der Waals surface area contributed by atoms with Crippen LogP contribution < -0.4 is 10.2 Å². The van der Waals surface area contributed by atoms with Gasteiger partial charge in [0.15, 0.2) is 0 Å². The van der Waals surface area contributed by atoms with Gasteiger partial charge in [-0.3, -0.25) is 0 Å². The van der Waals surface area contributed by atoms with Crippen LogP contribution in [0.2, 0.25) is 0 Å². The lowest BCUT2D eigenvalue weighted by Crippen LogP contribution is -2.48. The molecule has 1 aliphatic heterocycles. The lowest BCUT2D eigenvalue weighted by molar-refractivity contribution is 0.322. The molecule has 0 aromatic heterocycles. The average molecular weight is 272 g/mol. The van der Waals surface area contributed by atoms with Crippen molar-refractivity contribution in [3.05, 3.63) is 29.3 Å². The Bertz CT molecular complexity index is 455. The number of nitrogens with zero attached hydrogens (tertiary/aromatic N) is 1. The second-order valence-electron chi connectivity index (χ2n) is 6.58. The summed E-state index contributed by atoms with van der Waals surface area (Å²) in [5, 5.41) is 3.71. The summed E-state index contributed by atoms with van der Waals surface area (Å²) < 4.78 is 0. The van der Waals surface area contributed by atoms with E-state index in [1.807, 2.05) is 0 Å². The maximum Gasteiger partial charge on any atom is 0.0369 e. The van der Waals surface area contributed by atoms with E-state index >= 15 is 0 Å². The van der Waals surface area contributed by atoms with Crippen molar-refractivity contribution in [3.63, 3.8) is 0 Å². The number of anilines is 1. The van der Waals surface area contributed by atoms with E-state index in [4.69, 9.17) is 0 Å². The van der Waals surface area contributed by atoms with E-state index in [0.717, 1.165) is 12.5 Å². The molecule has 1 aromatic carbocycles. The number of hydrogen-bond acceptors (Lipinski definition) is 2. The molecule has 2 aliphatic rings. The van der Waals surface area contributed by atoms with Crippen LogP contribution in [0.25, 0.3) is 0 Å². The molecule has 110 valence electrons. The van der Waals surface area contributed by atoms with Crippen molar-refractivity contribution in [2.24, 2.45) is 5.92 Å². The standard InChI is InChI=1S/C18H28N2/c1-3-10-19-18-9-11-20(13-14(18)2)17-8-7-15-5-4-6-16(15)12-17/h7-8,12,14,18-19H,3-6,9-11,13H2,1-2H3. The lowest BCUT2D eigenvalue weighted by Gasteiger charge is -2.39. The number of hydrogen-bond donors (Lipinski definition) is 1. The highest BCUT2D eigenvalue weighted by atomic mass is 15.2. The minimum atomic E-state index is 0.709. The minimum absolute atomic E-state index is 0.709. The molecular weight excluding hydrogens is 244 g/mol. The van der Waals surface area contributed by atoms with Crippen molar-refractivity contribution >= 4 is 5.69 Å². The average Bonchev–Trinajstić information content (AvgIpc) is 2.93. The number of rotatable bonds is 4. The second kappa shape index (κ2) is 6.17. The highest BCUT2D eigenvalue weighted by Crippen LogP contribution is 2.29. The summed E-state index contributed by atoms with van der Waals surface area (Å²) in [6.45, 7) is 8.20. The Balaban J connectivity index is 1.65. The Morgan fingerprint density at radius 1 is 1.25 bits per heavy atom. The van der Waals surface area contributed by atoms with Crippen molar-refractivity contribution in [1.29, 1.82) is 0 Å². The predicted octanol–water partition coefficient (Wildman–Crippen LogP) is 3.39.